The topological polar surface area (TPSA) is 34.1 Å². The maximum absolute atomic E-state index is 5.92. The zero-order chi connectivity index (χ0) is 15.8. The lowest BCUT2D eigenvalue weighted by atomic mass is 10.1. The zero-order valence-corrected chi connectivity index (χ0v) is 15.3. The molecule has 0 fully saturated rings. The molecule has 1 N–H and O–H groups in total. The van der Waals surface area contributed by atoms with Crippen LogP contribution in [0.25, 0.3) is 0 Å². The van der Waals surface area contributed by atoms with Gasteiger partial charge in [0.25, 0.3) is 0 Å². The van der Waals surface area contributed by atoms with Crippen molar-refractivity contribution in [3.05, 3.63) is 15.6 Å². The fourth-order valence-electron chi connectivity index (χ4n) is 2.32. The van der Waals surface area contributed by atoms with E-state index in [0.717, 1.165) is 31.1 Å². The summed E-state index contributed by atoms with van der Waals surface area (Å²) in [5.41, 5.74) is 1.26. The number of hydrogen-bond acceptors (Lipinski definition) is 4. The van der Waals surface area contributed by atoms with Gasteiger partial charge in [-0.1, -0.05) is 34.6 Å². The van der Waals surface area contributed by atoms with Crippen molar-refractivity contribution >= 4 is 11.3 Å². The summed E-state index contributed by atoms with van der Waals surface area (Å²) >= 11 is 1.83. The molecule has 0 saturated heterocycles. The van der Waals surface area contributed by atoms with Gasteiger partial charge < -0.3 is 10.1 Å². The number of hydrogen-bond donors (Lipinski definition) is 1. The van der Waals surface area contributed by atoms with Gasteiger partial charge in [0.1, 0.15) is 11.1 Å². The van der Waals surface area contributed by atoms with Gasteiger partial charge in [-0.05, 0) is 38.1 Å². The van der Waals surface area contributed by atoms with Gasteiger partial charge in [0.15, 0.2) is 0 Å². The molecule has 1 aromatic heterocycles. The largest absolute Gasteiger partial charge is 0.371 e. The van der Waals surface area contributed by atoms with Crippen molar-refractivity contribution in [2.24, 2.45) is 11.8 Å². The molecule has 0 aliphatic heterocycles. The van der Waals surface area contributed by atoms with Crippen LogP contribution in [0.5, 0.6) is 0 Å². The van der Waals surface area contributed by atoms with Crippen molar-refractivity contribution in [1.82, 2.24) is 10.3 Å². The van der Waals surface area contributed by atoms with Crippen molar-refractivity contribution in [2.75, 3.05) is 13.2 Å². The van der Waals surface area contributed by atoms with E-state index in [2.05, 4.69) is 46.9 Å². The third-order valence-corrected chi connectivity index (χ3v) is 4.46. The SMILES string of the molecule is CCCNCc1sc(C(OCC)C(C)C)nc1CC(C)C. The quantitative estimate of drug-likeness (QED) is 0.642. The smallest absolute Gasteiger partial charge is 0.122 e. The average molecular weight is 313 g/mol. The van der Waals surface area contributed by atoms with E-state index in [0.29, 0.717) is 11.8 Å². The Morgan fingerprint density at radius 3 is 2.43 bits per heavy atom. The van der Waals surface area contributed by atoms with Crippen LogP contribution >= 0.6 is 11.3 Å². The molecule has 1 rings (SSSR count). The van der Waals surface area contributed by atoms with Crippen molar-refractivity contribution in [3.8, 4) is 0 Å². The molecule has 0 saturated carbocycles. The molecule has 0 amide bonds. The Morgan fingerprint density at radius 1 is 1.19 bits per heavy atom. The van der Waals surface area contributed by atoms with Gasteiger partial charge in [0.2, 0.25) is 0 Å². The van der Waals surface area contributed by atoms with Gasteiger partial charge in [0.05, 0.1) is 5.69 Å². The first kappa shape index (κ1) is 18.6. The summed E-state index contributed by atoms with van der Waals surface area (Å²) in [5.74, 6) is 1.09. The van der Waals surface area contributed by atoms with E-state index in [-0.39, 0.29) is 6.10 Å². The first-order valence-electron chi connectivity index (χ1n) is 8.30. The minimum atomic E-state index is 0.130. The van der Waals surface area contributed by atoms with Crippen LogP contribution < -0.4 is 5.32 Å². The van der Waals surface area contributed by atoms with Crippen LogP contribution in [0.3, 0.4) is 0 Å². The van der Waals surface area contributed by atoms with Crippen molar-refractivity contribution in [3.63, 3.8) is 0 Å². The lowest BCUT2D eigenvalue weighted by Gasteiger charge is -2.18. The number of nitrogens with zero attached hydrogens (tertiary/aromatic N) is 1. The summed E-state index contributed by atoms with van der Waals surface area (Å²) in [6.45, 7) is 15.9. The number of nitrogens with one attached hydrogen (secondary N) is 1. The highest BCUT2D eigenvalue weighted by atomic mass is 32.1. The lowest BCUT2D eigenvalue weighted by molar-refractivity contribution is 0.0292. The van der Waals surface area contributed by atoms with E-state index >= 15 is 0 Å². The van der Waals surface area contributed by atoms with E-state index < -0.39 is 0 Å². The van der Waals surface area contributed by atoms with E-state index in [9.17, 15) is 0 Å². The van der Waals surface area contributed by atoms with Crippen LogP contribution in [-0.2, 0) is 17.7 Å². The van der Waals surface area contributed by atoms with Gasteiger partial charge in [-0.15, -0.1) is 11.3 Å². The first-order chi connectivity index (χ1) is 9.99. The Morgan fingerprint density at radius 2 is 1.90 bits per heavy atom. The Kier molecular flexibility index (Phi) is 8.45. The predicted octanol–water partition coefficient (Wildman–Crippen LogP) is 4.57. The standard InChI is InChI=1S/C17H32N2OS/c1-7-9-18-11-15-14(10-12(3)4)19-17(21-15)16(13(5)6)20-8-2/h12-13,16,18H,7-11H2,1-6H3. The molecule has 1 unspecified atom stereocenters. The van der Waals surface area contributed by atoms with Gasteiger partial charge in [-0.3, -0.25) is 0 Å². The number of aromatic nitrogens is 1. The minimum absolute atomic E-state index is 0.130. The molecular formula is C17H32N2OS. The molecule has 0 aliphatic carbocycles. The van der Waals surface area contributed by atoms with E-state index in [1.54, 1.807) is 0 Å². The molecule has 4 heteroatoms. The maximum Gasteiger partial charge on any atom is 0.122 e. The van der Waals surface area contributed by atoms with Crippen molar-refractivity contribution in [2.45, 2.75) is 67.0 Å². The molecule has 0 aromatic carbocycles. The van der Waals surface area contributed by atoms with Crippen LogP contribution in [0.2, 0.25) is 0 Å². The van der Waals surface area contributed by atoms with Gasteiger partial charge in [-0.25, -0.2) is 4.98 Å². The number of thiazole rings is 1. The molecule has 122 valence electrons. The number of ether oxygens (including phenoxy) is 1. The Balaban J connectivity index is 2.93. The van der Waals surface area contributed by atoms with Crippen molar-refractivity contribution < 1.29 is 4.74 Å². The number of rotatable bonds is 10. The van der Waals surface area contributed by atoms with Crippen LogP contribution in [-0.4, -0.2) is 18.1 Å². The molecule has 21 heavy (non-hydrogen) atoms. The summed E-state index contributed by atoms with van der Waals surface area (Å²) in [5, 5.41) is 4.66. The molecule has 1 heterocycles. The van der Waals surface area contributed by atoms with E-state index in [1.165, 1.54) is 17.0 Å². The molecule has 0 aliphatic rings. The van der Waals surface area contributed by atoms with E-state index in [4.69, 9.17) is 9.72 Å². The predicted molar refractivity (Wildman–Crippen MR) is 91.9 cm³/mol. The van der Waals surface area contributed by atoms with Crippen LogP contribution in [0, 0.1) is 11.8 Å². The summed E-state index contributed by atoms with van der Waals surface area (Å²) in [4.78, 5) is 6.31. The highest BCUT2D eigenvalue weighted by Crippen LogP contribution is 2.32. The summed E-state index contributed by atoms with van der Waals surface area (Å²) < 4.78 is 5.92. The van der Waals surface area contributed by atoms with Crippen LogP contribution in [0.15, 0.2) is 0 Å². The summed E-state index contributed by atoms with van der Waals surface area (Å²) in [7, 11) is 0. The second-order valence-corrected chi connectivity index (χ2v) is 7.43. The highest BCUT2D eigenvalue weighted by Gasteiger charge is 2.22. The second kappa shape index (κ2) is 9.54. The molecule has 3 nitrogen and oxygen atoms in total. The minimum Gasteiger partial charge on any atom is -0.371 e. The summed E-state index contributed by atoms with van der Waals surface area (Å²) in [6, 6.07) is 0. The average Bonchev–Trinajstić information content (AvgIpc) is 2.78. The lowest BCUT2D eigenvalue weighted by Crippen LogP contribution is -2.14. The molecule has 1 atom stereocenters. The molecule has 1 aromatic rings. The fraction of sp³-hybridized carbons (Fsp3) is 0.824. The maximum atomic E-state index is 5.92. The third kappa shape index (κ3) is 6.05. The molecule has 0 spiro atoms. The summed E-state index contributed by atoms with van der Waals surface area (Å²) in [6.07, 6.45) is 2.35. The van der Waals surface area contributed by atoms with Crippen molar-refractivity contribution in [1.29, 1.82) is 0 Å². The molecule has 0 radical (unpaired) electrons. The molecule has 0 bridgehead atoms. The Hall–Kier alpha value is -0.450. The second-order valence-electron chi connectivity index (χ2n) is 6.32. The van der Waals surface area contributed by atoms with Gasteiger partial charge in [0, 0.05) is 18.0 Å². The normalized spacial score (nSPS) is 13.3. The Labute approximate surface area is 134 Å². The first-order valence-corrected chi connectivity index (χ1v) is 9.11. The van der Waals surface area contributed by atoms with Gasteiger partial charge in [-0.2, -0.15) is 0 Å². The highest BCUT2D eigenvalue weighted by molar-refractivity contribution is 7.11. The fourth-order valence-corrected chi connectivity index (χ4v) is 3.60. The third-order valence-electron chi connectivity index (χ3n) is 3.30. The van der Waals surface area contributed by atoms with E-state index in [1.807, 2.05) is 11.3 Å². The zero-order valence-electron chi connectivity index (χ0n) is 14.5. The van der Waals surface area contributed by atoms with Gasteiger partial charge >= 0.3 is 0 Å². The monoisotopic (exact) mass is 312 g/mol. The molecular weight excluding hydrogens is 280 g/mol. The Bertz CT molecular complexity index is 401. The van der Waals surface area contributed by atoms with Crippen LogP contribution in [0.4, 0.5) is 0 Å². The van der Waals surface area contributed by atoms with Crippen LogP contribution in [0.1, 0.15) is 69.6 Å².